The largest absolute Gasteiger partial charge is 0.457 e. The van der Waals surface area contributed by atoms with E-state index in [4.69, 9.17) is 10.5 Å². The highest BCUT2D eigenvalue weighted by Crippen LogP contribution is 2.38. The molecule has 0 spiro atoms. The number of ether oxygens (including phenoxy) is 1. The minimum atomic E-state index is -4.56. The molecule has 0 aliphatic rings. The lowest BCUT2D eigenvalue weighted by atomic mass is 10.1. The van der Waals surface area contributed by atoms with Gasteiger partial charge < -0.3 is 10.5 Å². The summed E-state index contributed by atoms with van der Waals surface area (Å²) in [6.45, 7) is 1.50. The molecule has 0 fully saturated rings. The van der Waals surface area contributed by atoms with Gasteiger partial charge in [0.2, 0.25) is 0 Å². The van der Waals surface area contributed by atoms with Crippen molar-refractivity contribution in [2.24, 2.45) is 5.73 Å². The van der Waals surface area contributed by atoms with E-state index < -0.39 is 17.6 Å². The molecule has 0 aromatic heterocycles. The Balaban J connectivity index is 2.41. The van der Waals surface area contributed by atoms with Crippen LogP contribution in [0.3, 0.4) is 0 Å². The summed E-state index contributed by atoms with van der Waals surface area (Å²) >= 11 is 0. The Morgan fingerprint density at radius 2 is 1.81 bits per heavy atom. The van der Waals surface area contributed by atoms with Crippen LogP contribution < -0.4 is 10.5 Å². The number of hydrogen-bond acceptors (Lipinski definition) is 2. The summed E-state index contributed by atoms with van der Waals surface area (Å²) in [4.78, 5) is 0. The van der Waals surface area contributed by atoms with Crippen LogP contribution in [0.15, 0.2) is 36.4 Å². The Labute approximate surface area is 119 Å². The third kappa shape index (κ3) is 3.52. The van der Waals surface area contributed by atoms with Crippen LogP contribution in [0, 0.1) is 12.7 Å². The summed E-state index contributed by atoms with van der Waals surface area (Å²) in [5.41, 5.74) is 5.08. The first-order chi connectivity index (χ1) is 9.81. The van der Waals surface area contributed by atoms with Gasteiger partial charge in [0.25, 0.3) is 0 Å². The van der Waals surface area contributed by atoms with E-state index in [1.54, 1.807) is 0 Å². The molecule has 6 heteroatoms. The van der Waals surface area contributed by atoms with E-state index in [9.17, 15) is 17.6 Å². The molecule has 0 unspecified atom stereocenters. The first kappa shape index (κ1) is 15.3. The Morgan fingerprint density at radius 1 is 1.10 bits per heavy atom. The molecule has 0 heterocycles. The van der Waals surface area contributed by atoms with Crippen LogP contribution >= 0.6 is 0 Å². The number of hydrogen-bond donors (Lipinski definition) is 1. The molecule has 0 bridgehead atoms. The number of rotatable bonds is 3. The number of alkyl halides is 3. The lowest BCUT2D eigenvalue weighted by molar-refractivity contribution is -0.138. The highest BCUT2D eigenvalue weighted by Gasteiger charge is 2.34. The average molecular weight is 299 g/mol. The topological polar surface area (TPSA) is 35.2 Å². The molecule has 0 aliphatic carbocycles. The monoisotopic (exact) mass is 299 g/mol. The number of halogens is 4. The fourth-order valence-corrected chi connectivity index (χ4v) is 1.82. The molecule has 2 rings (SSSR count). The van der Waals surface area contributed by atoms with Gasteiger partial charge in [-0.05, 0) is 48.4 Å². The maximum atomic E-state index is 13.2. The van der Waals surface area contributed by atoms with Crippen molar-refractivity contribution in [1.29, 1.82) is 0 Å². The third-order valence-electron chi connectivity index (χ3n) is 2.94. The van der Waals surface area contributed by atoms with E-state index >= 15 is 0 Å². The van der Waals surface area contributed by atoms with Crippen LogP contribution in [0.2, 0.25) is 0 Å². The van der Waals surface area contributed by atoms with Crippen LogP contribution in [0.1, 0.15) is 16.7 Å². The van der Waals surface area contributed by atoms with Crippen molar-refractivity contribution in [2.45, 2.75) is 19.6 Å². The van der Waals surface area contributed by atoms with E-state index in [0.29, 0.717) is 11.1 Å². The molecule has 0 saturated heterocycles. The fraction of sp³-hybridized carbons (Fsp3) is 0.200. The second-order valence-electron chi connectivity index (χ2n) is 4.55. The van der Waals surface area contributed by atoms with Crippen molar-refractivity contribution in [3.63, 3.8) is 0 Å². The third-order valence-corrected chi connectivity index (χ3v) is 2.94. The first-order valence-electron chi connectivity index (χ1n) is 6.15. The standard InChI is InChI=1S/C15H13F4NO/c1-9-6-11(3-4-13(9)16)21-14-5-2-10(8-20)7-12(14)15(17,18)19/h2-7H,8,20H2,1H3. The van der Waals surface area contributed by atoms with Gasteiger partial charge in [-0.3, -0.25) is 0 Å². The second-order valence-corrected chi connectivity index (χ2v) is 4.55. The number of nitrogens with two attached hydrogens (primary N) is 1. The summed E-state index contributed by atoms with van der Waals surface area (Å²) < 4.78 is 57.5. The normalized spacial score (nSPS) is 11.5. The van der Waals surface area contributed by atoms with Crippen LogP contribution in [0.4, 0.5) is 17.6 Å². The fourth-order valence-electron chi connectivity index (χ4n) is 1.82. The lowest BCUT2D eigenvalue weighted by Gasteiger charge is -2.15. The minimum absolute atomic E-state index is 0.000976. The summed E-state index contributed by atoms with van der Waals surface area (Å²) in [5.74, 6) is -0.650. The quantitative estimate of drug-likeness (QED) is 0.852. The molecule has 112 valence electrons. The maximum Gasteiger partial charge on any atom is 0.419 e. The molecule has 21 heavy (non-hydrogen) atoms. The molecule has 0 radical (unpaired) electrons. The smallest absolute Gasteiger partial charge is 0.419 e. The van der Waals surface area contributed by atoms with Crippen LogP contribution in [0.25, 0.3) is 0 Å². The Bertz CT molecular complexity index is 653. The van der Waals surface area contributed by atoms with Crippen molar-refractivity contribution in [3.8, 4) is 11.5 Å². The molecular formula is C15H13F4NO. The van der Waals surface area contributed by atoms with Gasteiger partial charge in [-0.2, -0.15) is 13.2 Å². The lowest BCUT2D eigenvalue weighted by Crippen LogP contribution is -2.09. The van der Waals surface area contributed by atoms with E-state index in [1.165, 1.54) is 31.2 Å². The van der Waals surface area contributed by atoms with Crippen molar-refractivity contribution in [1.82, 2.24) is 0 Å². The van der Waals surface area contributed by atoms with Gasteiger partial charge >= 0.3 is 6.18 Å². The highest BCUT2D eigenvalue weighted by atomic mass is 19.4. The zero-order valence-electron chi connectivity index (χ0n) is 11.2. The zero-order chi connectivity index (χ0) is 15.6. The predicted octanol–water partition coefficient (Wildman–Crippen LogP) is 4.40. The maximum absolute atomic E-state index is 13.2. The molecule has 0 saturated carbocycles. The number of aryl methyl sites for hydroxylation is 1. The van der Waals surface area contributed by atoms with Gasteiger partial charge in [0, 0.05) is 6.54 Å². The minimum Gasteiger partial charge on any atom is -0.457 e. The second kappa shape index (κ2) is 5.73. The molecule has 2 nitrogen and oxygen atoms in total. The highest BCUT2D eigenvalue weighted by molar-refractivity contribution is 5.43. The van der Waals surface area contributed by atoms with Crippen LogP contribution in [-0.4, -0.2) is 0 Å². The van der Waals surface area contributed by atoms with Crippen molar-refractivity contribution < 1.29 is 22.3 Å². The molecule has 2 aromatic carbocycles. The van der Waals surface area contributed by atoms with Crippen LogP contribution in [-0.2, 0) is 12.7 Å². The van der Waals surface area contributed by atoms with E-state index in [-0.39, 0.29) is 18.0 Å². The molecular weight excluding hydrogens is 286 g/mol. The summed E-state index contributed by atoms with van der Waals surface area (Å²) in [6.07, 6.45) is -4.56. The van der Waals surface area contributed by atoms with E-state index in [1.807, 2.05) is 0 Å². The van der Waals surface area contributed by atoms with E-state index in [2.05, 4.69) is 0 Å². The Kier molecular flexibility index (Phi) is 4.18. The summed E-state index contributed by atoms with van der Waals surface area (Å²) in [6, 6.07) is 7.38. The molecule has 0 aliphatic heterocycles. The Hall–Kier alpha value is -2.08. The van der Waals surface area contributed by atoms with E-state index in [0.717, 1.165) is 12.1 Å². The van der Waals surface area contributed by atoms with Crippen LogP contribution in [0.5, 0.6) is 11.5 Å². The first-order valence-corrected chi connectivity index (χ1v) is 6.15. The summed E-state index contributed by atoms with van der Waals surface area (Å²) in [5, 5.41) is 0. The van der Waals surface area contributed by atoms with Gasteiger partial charge in [0.15, 0.2) is 0 Å². The van der Waals surface area contributed by atoms with Crippen molar-refractivity contribution in [2.75, 3.05) is 0 Å². The van der Waals surface area contributed by atoms with Crippen molar-refractivity contribution in [3.05, 3.63) is 58.9 Å². The molecule has 0 atom stereocenters. The van der Waals surface area contributed by atoms with Gasteiger partial charge in [-0.15, -0.1) is 0 Å². The Morgan fingerprint density at radius 3 is 2.38 bits per heavy atom. The summed E-state index contributed by atoms with van der Waals surface area (Å²) in [7, 11) is 0. The molecule has 2 aromatic rings. The van der Waals surface area contributed by atoms with Gasteiger partial charge in [0.05, 0.1) is 5.56 Å². The SMILES string of the molecule is Cc1cc(Oc2ccc(CN)cc2C(F)(F)F)ccc1F. The number of benzene rings is 2. The molecule has 2 N–H and O–H groups in total. The predicted molar refractivity (Wildman–Crippen MR) is 70.5 cm³/mol. The molecule has 0 amide bonds. The zero-order valence-corrected chi connectivity index (χ0v) is 11.2. The van der Waals surface area contributed by atoms with Gasteiger partial charge in [-0.1, -0.05) is 6.07 Å². The average Bonchev–Trinajstić information content (AvgIpc) is 2.42. The van der Waals surface area contributed by atoms with Gasteiger partial charge in [0.1, 0.15) is 17.3 Å². The van der Waals surface area contributed by atoms with Crippen molar-refractivity contribution >= 4 is 0 Å². The van der Waals surface area contributed by atoms with Gasteiger partial charge in [-0.25, -0.2) is 4.39 Å².